The lowest BCUT2D eigenvalue weighted by Crippen LogP contribution is -2.25. The quantitative estimate of drug-likeness (QED) is 0.771. The summed E-state index contributed by atoms with van der Waals surface area (Å²) in [7, 11) is -1.43. The number of nitrogens with zero attached hydrogens (tertiary/aromatic N) is 1. The first-order valence-corrected chi connectivity index (χ1v) is 7.83. The summed E-state index contributed by atoms with van der Waals surface area (Å²) in [4.78, 5) is 3.99. The fourth-order valence-corrected chi connectivity index (χ4v) is 3.81. The minimum Gasteiger partial charge on any atom is -0.264 e. The summed E-state index contributed by atoms with van der Waals surface area (Å²) in [5.74, 6) is 0. The molecule has 1 heterocycles. The highest BCUT2D eigenvalue weighted by Crippen LogP contribution is 2.43. The Balaban J connectivity index is 2.25. The molecule has 0 amide bonds. The van der Waals surface area contributed by atoms with Gasteiger partial charge in [-0.3, -0.25) is 4.98 Å². The van der Waals surface area contributed by atoms with E-state index in [2.05, 4.69) is 31.0 Å². The first kappa shape index (κ1) is 13.9. The van der Waals surface area contributed by atoms with E-state index in [0.29, 0.717) is 0 Å². The van der Waals surface area contributed by atoms with Gasteiger partial charge in [-0.2, -0.15) is 0 Å². The van der Waals surface area contributed by atoms with E-state index in [1.165, 1.54) is 5.56 Å². The Morgan fingerprint density at radius 1 is 1.11 bits per heavy atom. The third-order valence-electron chi connectivity index (χ3n) is 3.58. The molecule has 98 valence electrons. The SMILES string of the molecule is CCC(C)(Cc1ccccc1)[P+](=O)c1ccncc1. The average Bonchev–Trinajstić information content (AvgIpc) is 2.48. The fourth-order valence-electron chi connectivity index (χ4n) is 2.17. The maximum absolute atomic E-state index is 12.8. The third kappa shape index (κ3) is 3.27. The van der Waals surface area contributed by atoms with Crippen LogP contribution in [0.25, 0.3) is 0 Å². The lowest BCUT2D eigenvalue weighted by molar-refractivity contribution is 0.534. The molecular weight excluding hydrogens is 253 g/mol. The fraction of sp³-hybridized carbons (Fsp3) is 0.312. The van der Waals surface area contributed by atoms with Gasteiger partial charge in [0, 0.05) is 30.9 Å². The summed E-state index contributed by atoms with van der Waals surface area (Å²) in [5, 5.41) is 0.684. The molecule has 0 aliphatic carbocycles. The van der Waals surface area contributed by atoms with Crippen molar-refractivity contribution in [2.75, 3.05) is 0 Å². The summed E-state index contributed by atoms with van der Waals surface area (Å²) in [5.41, 5.74) is 1.24. The zero-order valence-electron chi connectivity index (χ0n) is 11.4. The maximum Gasteiger partial charge on any atom is 0.383 e. The van der Waals surface area contributed by atoms with Gasteiger partial charge in [-0.1, -0.05) is 41.8 Å². The van der Waals surface area contributed by atoms with Crippen molar-refractivity contribution < 1.29 is 4.57 Å². The van der Waals surface area contributed by atoms with Crippen LogP contribution in [0.1, 0.15) is 25.8 Å². The maximum atomic E-state index is 12.8. The lowest BCUT2D eigenvalue weighted by Gasteiger charge is -2.17. The smallest absolute Gasteiger partial charge is 0.264 e. The van der Waals surface area contributed by atoms with E-state index in [1.54, 1.807) is 12.4 Å². The van der Waals surface area contributed by atoms with Gasteiger partial charge in [0.1, 0.15) is 0 Å². The van der Waals surface area contributed by atoms with Gasteiger partial charge in [-0.05, 0) is 18.9 Å². The molecule has 2 atom stereocenters. The first-order valence-electron chi connectivity index (χ1n) is 6.57. The van der Waals surface area contributed by atoms with Crippen LogP contribution < -0.4 is 5.30 Å². The van der Waals surface area contributed by atoms with Crippen LogP contribution in [0.4, 0.5) is 0 Å². The van der Waals surface area contributed by atoms with Crippen molar-refractivity contribution in [3.63, 3.8) is 0 Å². The molecule has 1 aromatic carbocycles. The summed E-state index contributed by atoms with van der Waals surface area (Å²) < 4.78 is 12.8. The molecular formula is C16H19NOP+. The van der Waals surface area contributed by atoms with Crippen molar-refractivity contribution in [1.29, 1.82) is 0 Å². The van der Waals surface area contributed by atoms with E-state index in [4.69, 9.17) is 0 Å². The van der Waals surface area contributed by atoms with Crippen LogP contribution in [-0.2, 0) is 11.0 Å². The molecule has 0 saturated heterocycles. The van der Waals surface area contributed by atoms with E-state index in [1.807, 2.05) is 30.3 Å². The van der Waals surface area contributed by atoms with Crippen LogP contribution >= 0.6 is 7.80 Å². The van der Waals surface area contributed by atoms with E-state index in [-0.39, 0.29) is 5.16 Å². The summed E-state index contributed by atoms with van der Waals surface area (Å²) in [6.45, 7) is 4.22. The molecule has 19 heavy (non-hydrogen) atoms. The van der Waals surface area contributed by atoms with Crippen molar-refractivity contribution in [2.24, 2.45) is 0 Å². The highest BCUT2D eigenvalue weighted by atomic mass is 31.1. The molecule has 0 radical (unpaired) electrons. The van der Waals surface area contributed by atoms with Crippen molar-refractivity contribution in [3.8, 4) is 0 Å². The van der Waals surface area contributed by atoms with Gasteiger partial charge in [0.25, 0.3) is 0 Å². The third-order valence-corrected chi connectivity index (χ3v) is 5.80. The summed E-state index contributed by atoms with van der Waals surface area (Å²) in [6, 6.07) is 14.0. The molecule has 0 fully saturated rings. The van der Waals surface area contributed by atoms with Gasteiger partial charge >= 0.3 is 7.80 Å². The summed E-state index contributed by atoms with van der Waals surface area (Å²) >= 11 is 0. The van der Waals surface area contributed by atoms with Crippen molar-refractivity contribution in [3.05, 3.63) is 60.4 Å². The molecule has 2 unspecified atom stereocenters. The number of hydrogen-bond donors (Lipinski definition) is 0. The Hall–Kier alpha value is -1.53. The zero-order chi connectivity index (χ0) is 13.7. The molecule has 0 spiro atoms. The minimum absolute atomic E-state index is 0.210. The van der Waals surface area contributed by atoms with Crippen LogP contribution in [0.5, 0.6) is 0 Å². The predicted molar refractivity (Wildman–Crippen MR) is 80.3 cm³/mol. The number of pyridine rings is 1. The minimum atomic E-state index is -1.43. The Bertz CT molecular complexity index is 541. The van der Waals surface area contributed by atoms with Crippen molar-refractivity contribution in [2.45, 2.75) is 31.8 Å². The zero-order valence-corrected chi connectivity index (χ0v) is 12.3. The monoisotopic (exact) mass is 272 g/mol. The highest BCUT2D eigenvalue weighted by molar-refractivity contribution is 7.55. The van der Waals surface area contributed by atoms with Crippen LogP contribution in [0.15, 0.2) is 54.9 Å². The molecule has 2 aromatic rings. The molecule has 0 aliphatic heterocycles. The van der Waals surface area contributed by atoms with E-state index in [9.17, 15) is 4.57 Å². The van der Waals surface area contributed by atoms with Gasteiger partial charge < -0.3 is 0 Å². The van der Waals surface area contributed by atoms with Gasteiger partial charge in [0.15, 0.2) is 10.5 Å². The normalized spacial score (nSPS) is 14.7. The number of rotatable bonds is 5. The molecule has 0 bridgehead atoms. The topological polar surface area (TPSA) is 30.0 Å². The second kappa shape index (κ2) is 6.08. The molecule has 3 heteroatoms. The van der Waals surface area contributed by atoms with Crippen LogP contribution in [-0.4, -0.2) is 10.1 Å². The van der Waals surface area contributed by atoms with E-state index in [0.717, 1.165) is 18.1 Å². The van der Waals surface area contributed by atoms with E-state index >= 15 is 0 Å². The Kier molecular flexibility index (Phi) is 4.44. The second-order valence-electron chi connectivity index (χ2n) is 5.01. The molecule has 0 saturated carbocycles. The highest BCUT2D eigenvalue weighted by Gasteiger charge is 2.44. The Morgan fingerprint density at radius 3 is 2.32 bits per heavy atom. The molecule has 1 aromatic heterocycles. The standard InChI is InChI=1S/C16H19NOP/c1-3-16(2,13-14-7-5-4-6-8-14)19(18)15-9-11-17-12-10-15/h4-12H,3,13H2,1-2H3/q+1. The Morgan fingerprint density at radius 2 is 1.74 bits per heavy atom. The van der Waals surface area contributed by atoms with Crippen LogP contribution in [0.2, 0.25) is 0 Å². The largest absolute Gasteiger partial charge is 0.383 e. The molecule has 2 nitrogen and oxygen atoms in total. The molecule has 2 rings (SSSR count). The predicted octanol–water partition coefficient (Wildman–Crippen LogP) is 3.95. The first-order chi connectivity index (χ1) is 9.15. The van der Waals surface area contributed by atoms with Crippen LogP contribution in [0, 0.1) is 0 Å². The van der Waals surface area contributed by atoms with Crippen molar-refractivity contribution >= 4 is 13.1 Å². The number of aromatic nitrogens is 1. The Labute approximate surface area is 115 Å². The van der Waals surface area contributed by atoms with Gasteiger partial charge in [0.2, 0.25) is 0 Å². The van der Waals surface area contributed by atoms with Gasteiger partial charge in [-0.25, -0.2) is 0 Å². The lowest BCUT2D eigenvalue weighted by atomic mass is 9.98. The average molecular weight is 272 g/mol. The van der Waals surface area contributed by atoms with Gasteiger partial charge in [0.05, 0.1) is 0 Å². The molecule has 0 N–H and O–H groups in total. The summed E-state index contributed by atoms with van der Waals surface area (Å²) in [6.07, 6.45) is 5.14. The molecule has 0 aliphatic rings. The number of benzene rings is 1. The van der Waals surface area contributed by atoms with Crippen LogP contribution in [0.3, 0.4) is 0 Å². The second-order valence-corrected chi connectivity index (χ2v) is 7.20. The van der Waals surface area contributed by atoms with Crippen molar-refractivity contribution in [1.82, 2.24) is 4.98 Å². The van der Waals surface area contributed by atoms with E-state index < -0.39 is 7.80 Å². The number of hydrogen-bond acceptors (Lipinski definition) is 2. The van der Waals surface area contributed by atoms with Gasteiger partial charge in [-0.15, -0.1) is 0 Å².